The number of imidazole rings is 1. The van der Waals surface area contributed by atoms with E-state index in [4.69, 9.17) is 0 Å². The summed E-state index contributed by atoms with van der Waals surface area (Å²) >= 11 is 0. The van der Waals surface area contributed by atoms with Gasteiger partial charge in [0.25, 0.3) is 0 Å². The Labute approximate surface area is 112 Å². The van der Waals surface area contributed by atoms with Crippen LogP contribution in [0.2, 0.25) is 0 Å². The lowest BCUT2D eigenvalue weighted by Gasteiger charge is -2.22. The molecular weight excluding hydrogens is 268 g/mol. The van der Waals surface area contributed by atoms with Crippen LogP contribution in [0.3, 0.4) is 0 Å². The van der Waals surface area contributed by atoms with Gasteiger partial charge in [0, 0.05) is 19.2 Å². The number of aromatic nitrogens is 2. The van der Waals surface area contributed by atoms with Crippen LogP contribution in [0.25, 0.3) is 0 Å². The molecule has 1 aliphatic carbocycles. The van der Waals surface area contributed by atoms with Crippen molar-refractivity contribution < 1.29 is 18.3 Å². The highest BCUT2D eigenvalue weighted by Gasteiger charge is 2.30. The third-order valence-corrected chi connectivity index (χ3v) is 4.65. The molecule has 0 spiro atoms. The van der Waals surface area contributed by atoms with Crippen LogP contribution in [0.15, 0.2) is 5.16 Å². The van der Waals surface area contributed by atoms with E-state index in [0.29, 0.717) is 5.69 Å². The number of hydrogen-bond donors (Lipinski definition) is 1. The minimum atomic E-state index is -3.52. The predicted molar refractivity (Wildman–Crippen MR) is 69.1 cm³/mol. The molecule has 0 bridgehead atoms. The van der Waals surface area contributed by atoms with Gasteiger partial charge in [0.2, 0.25) is 15.0 Å². The molecule has 0 saturated heterocycles. The first-order valence-electron chi connectivity index (χ1n) is 6.32. The number of sulfone groups is 1. The molecule has 0 aromatic carbocycles. The molecular formula is C12H18N2O4S. The lowest BCUT2D eigenvalue weighted by atomic mass is 9.86. The Morgan fingerprint density at radius 2 is 1.89 bits per heavy atom. The van der Waals surface area contributed by atoms with Crippen LogP contribution in [0.5, 0.6) is 0 Å². The third kappa shape index (κ3) is 2.65. The van der Waals surface area contributed by atoms with Crippen LogP contribution < -0.4 is 0 Å². The van der Waals surface area contributed by atoms with E-state index in [0.717, 1.165) is 38.4 Å². The third-order valence-electron chi connectivity index (χ3n) is 3.62. The van der Waals surface area contributed by atoms with Gasteiger partial charge in [0.1, 0.15) is 0 Å². The standard InChI is InChI=1S/C12H18N2O4S/c1-14-10(8-6-4-3-5-7-8)9(11(15)16)13-12(14)19(2,17)18/h8H,3-7H2,1-2H3,(H,15,16). The minimum absolute atomic E-state index is 0.0906. The van der Waals surface area contributed by atoms with Crippen LogP contribution in [0.4, 0.5) is 0 Å². The molecule has 1 fully saturated rings. The van der Waals surface area contributed by atoms with Gasteiger partial charge in [-0.05, 0) is 12.8 Å². The molecule has 1 heterocycles. The summed E-state index contributed by atoms with van der Waals surface area (Å²) < 4.78 is 24.7. The van der Waals surface area contributed by atoms with E-state index in [9.17, 15) is 18.3 Å². The Morgan fingerprint density at radius 3 is 2.37 bits per heavy atom. The first-order chi connectivity index (χ1) is 8.82. The monoisotopic (exact) mass is 286 g/mol. The molecule has 0 aliphatic heterocycles. The van der Waals surface area contributed by atoms with Crippen molar-refractivity contribution in [2.45, 2.75) is 43.2 Å². The van der Waals surface area contributed by atoms with Crippen molar-refractivity contribution in [2.24, 2.45) is 7.05 Å². The van der Waals surface area contributed by atoms with Gasteiger partial charge in [0.15, 0.2) is 5.69 Å². The van der Waals surface area contributed by atoms with Gasteiger partial charge in [-0.2, -0.15) is 0 Å². The second-order valence-electron chi connectivity index (χ2n) is 5.10. The summed E-state index contributed by atoms with van der Waals surface area (Å²) in [6, 6.07) is 0. The van der Waals surface area contributed by atoms with Gasteiger partial charge >= 0.3 is 5.97 Å². The summed E-state index contributed by atoms with van der Waals surface area (Å²) in [7, 11) is -1.94. The molecule has 0 amide bonds. The molecule has 1 aromatic rings. The molecule has 0 radical (unpaired) electrons. The summed E-state index contributed by atoms with van der Waals surface area (Å²) in [5.41, 5.74) is 0.433. The normalized spacial score (nSPS) is 17.6. The Bertz CT molecular complexity index is 597. The van der Waals surface area contributed by atoms with Crippen molar-refractivity contribution >= 4 is 15.8 Å². The zero-order valence-electron chi connectivity index (χ0n) is 11.1. The minimum Gasteiger partial charge on any atom is -0.476 e. The summed E-state index contributed by atoms with van der Waals surface area (Å²) in [5.74, 6) is -1.07. The molecule has 1 N–H and O–H groups in total. The highest BCUT2D eigenvalue weighted by Crippen LogP contribution is 2.35. The topological polar surface area (TPSA) is 89.3 Å². The maximum atomic E-state index is 11.6. The molecule has 2 rings (SSSR count). The fraction of sp³-hybridized carbons (Fsp3) is 0.667. The maximum absolute atomic E-state index is 11.6. The molecule has 6 nitrogen and oxygen atoms in total. The van der Waals surface area contributed by atoms with Crippen molar-refractivity contribution in [1.82, 2.24) is 9.55 Å². The van der Waals surface area contributed by atoms with Crippen LogP contribution in [-0.4, -0.2) is 35.3 Å². The number of hydrogen-bond acceptors (Lipinski definition) is 4. The number of carbonyl (C=O) groups is 1. The van der Waals surface area contributed by atoms with Gasteiger partial charge in [-0.25, -0.2) is 18.2 Å². The summed E-state index contributed by atoms with van der Waals surface area (Å²) in [6.45, 7) is 0. The average molecular weight is 286 g/mol. The first-order valence-corrected chi connectivity index (χ1v) is 8.21. The quantitative estimate of drug-likeness (QED) is 0.911. The number of carboxylic acid groups (broad SMARTS) is 1. The fourth-order valence-corrected chi connectivity index (χ4v) is 3.68. The molecule has 19 heavy (non-hydrogen) atoms. The van der Waals surface area contributed by atoms with E-state index in [1.165, 1.54) is 4.57 Å². The van der Waals surface area contributed by atoms with Crippen molar-refractivity contribution in [2.75, 3.05) is 6.26 Å². The van der Waals surface area contributed by atoms with Crippen molar-refractivity contribution in [3.63, 3.8) is 0 Å². The van der Waals surface area contributed by atoms with Gasteiger partial charge in [-0.1, -0.05) is 19.3 Å². The number of nitrogens with zero attached hydrogens (tertiary/aromatic N) is 2. The van der Waals surface area contributed by atoms with Gasteiger partial charge < -0.3 is 9.67 Å². The van der Waals surface area contributed by atoms with Crippen molar-refractivity contribution in [3.05, 3.63) is 11.4 Å². The zero-order valence-corrected chi connectivity index (χ0v) is 11.9. The lowest BCUT2D eigenvalue weighted by molar-refractivity contribution is 0.0688. The fourth-order valence-electron chi connectivity index (χ4n) is 2.82. The van der Waals surface area contributed by atoms with E-state index in [1.54, 1.807) is 7.05 Å². The van der Waals surface area contributed by atoms with E-state index in [2.05, 4.69) is 4.98 Å². The van der Waals surface area contributed by atoms with Gasteiger partial charge in [-0.15, -0.1) is 0 Å². The van der Waals surface area contributed by atoms with E-state index in [1.807, 2.05) is 0 Å². The molecule has 0 atom stereocenters. The summed E-state index contributed by atoms with van der Waals surface area (Å²) in [4.78, 5) is 15.1. The number of carboxylic acids is 1. The summed E-state index contributed by atoms with van der Waals surface area (Å²) in [6.07, 6.45) is 6.07. The molecule has 7 heteroatoms. The van der Waals surface area contributed by atoms with E-state index < -0.39 is 15.8 Å². The Kier molecular flexibility index (Phi) is 3.66. The smallest absolute Gasteiger partial charge is 0.356 e. The van der Waals surface area contributed by atoms with E-state index in [-0.39, 0.29) is 16.8 Å². The first kappa shape index (κ1) is 14.0. The summed E-state index contributed by atoms with van der Waals surface area (Å²) in [5, 5.41) is 9.07. The second-order valence-corrected chi connectivity index (χ2v) is 7.01. The Morgan fingerprint density at radius 1 is 1.32 bits per heavy atom. The number of rotatable bonds is 3. The van der Waals surface area contributed by atoms with Crippen LogP contribution in [0, 0.1) is 0 Å². The lowest BCUT2D eigenvalue weighted by Crippen LogP contribution is -2.14. The SMILES string of the molecule is Cn1c(S(C)(=O)=O)nc(C(=O)O)c1C1CCCCC1. The van der Waals surface area contributed by atoms with Gasteiger partial charge in [-0.3, -0.25) is 0 Å². The molecule has 0 unspecified atom stereocenters. The zero-order chi connectivity index (χ0) is 14.2. The van der Waals surface area contributed by atoms with Crippen LogP contribution in [0.1, 0.15) is 54.2 Å². The van der Waals surface area contributed by atoms with Crippen LogP contribution in [-0.2, 0) is 16.9 Å². The molecule has 1 saturated carbocycles. The molecule has 106 valence electrons. The Hall–Kier alpha value is -1.37. The average Bonchev–Trinajstić information content (AvgIpc) is 2.68. The van der Waals surface area contributed by atoms with E-state index >= 15 is 0 Å². The van der Waals surface area contributed by atoms with Crippen molar-refractivity contribution in [1.29, 1.82) is 0 Å². The Balaban J connectivity index is 2.57. The second kappa shape index (κ2) is 4.96. The highest BCUT2D eigenvalue weighted by molar-refractivity contribution is 7.90. The van der Waals surface area contributed by atoms with Gasteiger partial charge in [0.05, 0.1) is 5.69 Å². The van der Waals surface area contributed by atoms with Crippen molar-refractivity contribution in [3.8, 4) is 0 Å². The predicted octanol–water partition coefficient (Wildman–Crippen LogP) is 1.57. The highest BCUT2D eigenvalue weighted by atomic mass is 32.2. The largest absolute Gasteiger partial charge is 0.476 e. The number of aromatic carboxylic acids is 1. The molecule has 1 aliphatic rings. The van der Waals surface area contributed by atoms with Crippen LogP contribution >= 0.6 is 0 Å². The molecule has 1 aromatic heterocycles. The maximum Gasteiger partial charge on any atom is 0.356 e.